The summed E-state index contributed by atoms with van der Waals surface area (Å²) in [5, 5.41) is 7.88. The Morgan fingerprint density at radius 1 is 1.36 bits per heavy atom. The number of nitrogens with zero attached hydrogens (tertiary/aromatic N) is 3. The summed E-state index contributed by atoms with van der Waals surface area (Å²) < 4.78 is 42.8. The minimum absolute atomic E-state index is 0.123. The Morgan fingerprint density at radius 3 is 2.95 bits per heavy atom. The summed E-state index contributed by atoms with van der Waals surface area (Å²) in [4.78, 5) is 0.123. The van der Waals surface area contributed by atoms with Crippen LogP contribution in [0.2, 0.25) is 0 Å². The lowest BCUT2D eigenvalue weighted by Crippen LogP contribution is -2.35. The summed E-state index contributed by atoms with van der Waals surface area (Å²) in [6, 6.07) is 3.52. The molecule has 0 spiro atoms. The number of rotatable bonds is 3. The van der Waals surface area contributed by atoms with Gasteiger partial charge in [0.1, 0.15) is 18.0 Å². The lowest BCUT2D eigenvalue weighted by molar-refractivity contribution is 0.496. The second-order valence-electron chi connectivity index (χ2n) is 5.50. The highest BCUT2D eigenvalue weighted by molar-refractivity contribution is 7.89. The quantitative estimate of drug-likeness (QED) is 0.926. The predicted octanol–water partition coefficient (Wildman–Crippen LogP) is 1.41. The van der Waals surface area contributed by atoms with E-state index in [-0.39, 0.29) is 10.9 Å². The maximum atomic E-state index is 13.1. The maximum Gasteiger partial charge on any atom is 0.241 e. The van der Waals surface area contributed by atoms with Crippen LogP contribution in [0.15, 0.2) is 29.4 Å². The molecule has 1 aromatic heterocycles. The van der Waals surface area contributed by atoms with Gasteiger partial charge in [-0.1, -0.05) is 0 Å². The maximum absolute atomic E-state index is 13.1. The highest BCUT2D eigenvalue weighted by atomic mass is 32.2. The van der Waals surface area contributed by atoms with Gasteiger partial charge in [-0.25, -0.2) is 17.5 Å². The minimum atomic E-state index is -3.66. The number of benzene rings is 1. The molecule has 3 rings (SSSR count). The molecule has 2 heterocycles. The van der Waals surface area contributed by atoms with Crippen LogP contribution in [0.3, 0.4) is 0 Å². The molecule has 22 heavy (non-hydrogen) atoms. The smallest absolute Gasteiger partial charge is 0.241 e. The van der Waals surface area contributed by atoms with Gasteiger partial charge in [0.15, 0.2) is 0 Å². The van der Waals surface area contributed by atoms with Crippen molar-refractivity contribution in [1.29, 1.82) is 0 Å². The molecule has 2 aromatic rings. The van der Waals surface area contributed by atoms with Gasteiger partial charge in [0.05, 0.1) is 4.90 Å². The Kier molecular flexibility index (Phi) is 3.96. The molecule has 0 saturated carbocycles. The molecule has 6 nitrogen and oxygen atoms in total. The van der Waals surface area contributed by atoms with Crippen molar-refractivity contribution in [2.24, 2.45) is 0 Å². The molecule has 0 radical (unpaired) electrons. The lowest BCUT2D eigenvalue weighted by atomic mass is 10.1. The molecule has 1 aliphatic heterocycles. The van der Waals surface area contributed by atoms with E-state index in [1.165, 1.54) is 12.1 Å². The van der Waals surface area contributed by atoms with Crippen LogP contribution in [0.5, 0.6) is 0 Å². The van der Waals surface area contributed by atoms with Crippen LogP contribution in [0.1, 0.15) is 24.2 Å². The van der Waals surface area contributed by atoms with Crippen molar-refractivity contribution in [3.63, 3.8) is 0 Å². The predicted molar refractivity (Wildman–Crippen MR) is 78.2 cm³/mol. The number of fused-ring (bicyclic) bond motifs is 1. The van der Waals surface area contributed by atoms with Crippen molar-refractivity contribution in [3.05, 3.63) is 41.7 Å². The Hall–Kier alpha value is -1.80. The Bertz CT molecular complexity index is 765. The van der Waals surface area contributed by atoms with Crippen LogP contribution in [0, 0.1) is 12.7 Å². The van der Waals surface area contributed by atoms with E-state index in [1.54, 1.807) is 13.3 Å². The first-order valence-corrected chi connectivity index (χ1v) is 8.59. The third-order valence-electron chi connectivity index (χ3n) is 3.88. The van der Waals surface area contributed by atoms with Crippen molar-refractivity contribution < 1.29 is 12.8 Å². The molecule has 1 N–H and O–H groups in total. The summed E-state index contributed by atoms with van der Waals surface area (Å²) in [5.74, 6) is 0.434. The van der Waals surface area contributed by atoms with E-state index in [0.717, 1.165) is 11.9 Å². The highest BCUT2D eigenvalue weighted by Crippen LogP contribution is 2.19. The van der Waals surface area contributed by atoms with Gasteiger partial charge in [-0.05, 0) is 43.5 Å². The third-order valence-corrected chi connectivity index (χ3v) is 5.56. The molecule has 1 aromatic carbocycles. The molecule has 0 bridgehead atoms. The number of hydrogen-bond donors (Lipinski definition) is 1. The van der Waals surface area contributed by atoms with Crippen LogP contribution in [0.4, 0.5) is 4.39 Å². The molecule has 1 unspecified atom stereocenters. The summed E-state index contributed by atoms with van der Waals surface area (Å²) in [7, 11) is -3.66. The number of aryl methyl sites for hydroxylation is 3. The van der Waals surface area contributed by atoms with Crippen molar-refractivity contribution >= 4 is 10.0 Å². The van der Waals surface area contributed by atoms with Gasteiger partial charge in [0.25, 0.3) is 0 Å². The monoisotopic (exact) mass is 324 g/mol. The van der Waals surface area contributed by atoms with Crippen molar-refractivity contribution in [2.75, 3.05) is 0 Å². The fourth-order valence-corrected chi connectivity index (χ4v) is 4.25. The standard InChI is InChI=1S/C14H17FN4O2S/c1-10-8-11(15)2-4-13(10)22(20,21)18-12-3-5-14-17-16-9-19(14)7-6-12/h2,4,8-9,12,18H,3,5-7H2,1H3. The van der Waals surface area contributed by atoms with Gasteiger partial charge in [0.2, 0.25) is 10.0 Å². The molecule has 0 fully saturated rings. The Morgan fingerprint density at radius 2 is 2.18 bits per heavy atom. The molecule has 118 valence electrons. The second kappa shape index (κ2) is 5.77. The van der Waals surface area contributed by atoms with Crippen molar-refractivity contribution in [2.45, 2.75) is 43.7 Å². The normalized spacial score (nSPS) is 18.7. The SMILES string of the molecule is Cc1cc(F)ccc1S(=O)(=O)NC1CCc2nncn2CC1. The molecular formula is C14H17FN4O2S. The molecule has 1 atom stereocenters. The third kappa shape index (κ3) is 3.02. The van der Waals surface area contributed by atoms with Gasteiger partial charge in [-0.3, -0.25) is 0 Å². The van der Waals surface area contributed by atoms with E-state index in [2.05, 4.69) is 14.9 Å². The van der Waals surface area contributed by atoms with E-state index in [4.69, 9.17) is 0 Å². The van der Waals surface area contributed by atoms with Gasteiger partial charge >= 0.3 is 0 Å². The van der Waals surface area contributed by atoms with E-state index in [0.29, 0.717) is 31.4 Å². The molecular weight excluding hydrogens is 307 g/mol. The highest BCUT2D eigenvalue weighted by Gasteiger charge is 2.24. The molecule has 0 amide bonds. The zero-order chi connectivity index (χ0) is 15.7. The topological polar surface area (TPSA) is 76.9 Å². The first-order valence-electron chi connectivity index (χ1n) is 7.11. The Labute approximate surface area is 128 Å². The van der Waals surface area contributed by atoms with Crippen LogP contribution in [-0.2, 0) is 23.0 Å². The summed E-state index contributed by atoms with van der Waals surface area (Å²) in [6.45, 7) is 2.27. The average Bonchev–Trinajstić information content (AvgIpc) is 2.81. The van der Waals surface area contributed by atoms with Gasteiger partial charge in [-0.15, -0.1) is 10.2 Å². The largest absolute Gasteiger partial charge is 0.318 e. The summed E-state index contributed by atoms with van der Waals surface area (Å²) in [5.41, 5.74) is 0.401. The number of hydrogen-bond acceptors (Lipinski definition) is 4. The molecule has 8 heteroatoms. The van der Waals surface area contributed by atoms with E-state index in [1.807, 2.05) is 4.57 Å². The fourth-order valence-electron chi connectivity index (χ4n) is 2.72. The lowest BCUT2D eigenvalue weighted by Gasteiger charge is -2.17. The molecule has 1 aliphatic rings. The van der Waals surface area contributed by atoms with Crippen molar-refractivity contribution in [3.8, 4) is 0 Å². The Balaban J connectivity index is 1.76. The number of aromatic nitrogens is 3. The number of sulfonamides is 1. The van der Waals surface area contributed by atoms with Crippen LogP contribution >= 0.6 is 0 Å². The molecule has 0 saturated heterocycles. The number of halogens is 1. The fraction of sp³-hybridized carbons (Fsp3) is 0.429. The summed E-state index contributed by atoms with van der Waals surface area (Å²) in [6.07, 6.45) is 3.68. The van der Waals surface area contributed by atoms with Gasteiger partial charge in [0, 0.05) is 19.0 Å². The zero-order valence-corrected chi connectivity index (χ0v) is 13.0. The van der Waals surface area contributed by atoms with Gasteiger partial charge < -0.3 is 4.57 Å². The van der Waals surface area contributed by atoms with Crippen LogP contribution < -0.4 is 4.72 Å². The number of nitrogens with one attached hydrogen (secondary N) is 1. The van der Waals surface area contributed by atoms with Crippen LogP contribution in [-0.4, -0.2) is 29.2 Å². The first-order chi connectivity index (χ1) is 10.5. The van der Waals surface area contributed by atoms with Gasteiger partial charge in [-0.2, -0.15) is 0 Å². The van der Waals surface area contributed by atoms with E-state index >= 15 is 0 Å². The molecule has 0 aliphatic carbocycles. The van der Waals surface area contributed by atoms with Crippen LogP contribution in [0.25, 0.3) is 0 Å². The van der Waals surface area contributed by atoms with Crippen molar-refractivity contribution in [1.82, 2.24) is 19.5 Å². The second-order valence-corrected chi connectivity index (χ2v) is 7.18. The van der Waals surface area contributed by atoms with E-state index < -0.39 is 15.8 Å². The van der Waals surface area contributed by atoms with E-state index in [9.17, 15) is 12.8 Å². The first kappa shape index (κ1) is 15.1. The average molecular weight is 324 g/mol. The summed E-state index contributed by atoms with van der Waals surface area (Å²) >= 11 is 0. The zero-order valence-electron chi connectivity index (χ0n) is 12.2. The minimum Gasteiger partial charge on any atom is -0.318 e.